The predicted molar refractivity (Wildman–Crippen MR) is 97.4 cm³/mol. The number of H-pyrrole nitrogens is 1. The van der Waals surface area contributed by atoms with Gasteiger partial charge in [0.2, 0.25) is 5.91 Å². The SMILES string of the molecule is COc1ccc([C@H]2CC(=O)Nc3[nH]ncc32)cc1OCc1cccc(F)c1. The summed E-state index contributed by atoms with van der Waals surface area (Å²) in [5, 5.41) is 9.61. The number of methoxy groups -OCH3 is 1. The van der Waals surface area contributed by atoms with Gasteiger partial charge in [-0.05, 0) is 35.4 Å². The van der Waals surface area contributed by atoms with Crippen molar-refractivity contribution < 1.29 is 18.7 Å². The number of ether oxygens (including phenoxy) is 2. The van der Waals surface area contributed by atoms with Gasteiger partial charge in [0.05, 0.1) is 13.3 Å². The van der Waals surface area contributed by atoms with Crippen molar-refractivity contribution in [3.63, 3.8) is 0 Å². The summed E-state index contributed by atoms with van der Waals surface area (Å²) in [5.41, 5.74) is 2.56. The van der Waals surface area contributed by atoms with Gasteiger partial charge in [-0.2, -0.15) is 5.10 Å². The van der Waals surface area contributed by atoms with Gasteiger partial charge in [-0.1, -0.05) is 18.2 Å². The fourth-order valence-electron chi connectivity index (χ4n) is 3.25. The highest BCUT2D eigenvalue weighted by molar-refractivity contribution is 5.94. The van der Waals surface area contributed by atoms with Crippen molar-refractivity contribution in [2.75, 3.05) is 12.4 Å². The Morgan fingerprint density at radius 2 is 2.11 bits per heavy atom. The molecule has 0 saturated carbocycles. The molecule has 6 nitrogen and oxygen atoms in total. The number of anilines is 1. The summed E-state index contributed by atoms with van der Waals surface area (Å²) >= 11 is 0. The maximum Gasteiger partial charge on any atom is 0.226 e. The Hall–Kier alpha value is -3.35. The Balaban J connectivity index is 1.62. The number of nitrogens with zero attached hydrogens (tertiary/aromatic N) is 1. The summed E-state index contributed by atoms with van der Waals surface area (Å²) < 4.78 is 24.6. The number of aromatic amines is 1. The second-order valence-corrected chi connectivity index (χ2v) is 6.33. The molecule has 0 saturated heterocycles. The van der Waals surface area contributed by atoms with Gasteiger partial charge in [0.1, 0.15) is 18.2 Å². The molecule has 0 radical (unpaired) electrons. The van der Waals surface area contributed by atoms with Gasteiger partial charge >= 0.3 is 0 Å². The summed E-state index contributed by atoms with van der Waals surface area (Å²) in [6.07, 6.45) is 2.04. The molecule has 0 spiro atoms. The van der Waals surface area contributed by atoms with E-state index in [1.54, 1.807) is 25.4 Å². The Morgan fingerprint density at radius 1 is 1.22 bits per heavy atom. The number of hydrogen-bond donors (Lipinski definition) is 2. The highest BCUT2D eigenvalue weighted by Crippen LogP contribution is 2.39. The van der Waals surface area contributed by atoms with Gasteiger partial charge in [0, 0.05) is 17.9 Å². The lowest BCUT2D eigenvalue weighted by atomic mass is 9.87. The van der Waals surface area contributed by atoms with Crippen LogP contribution in [0.2, 0.25) is 0 Å². The third-order valence-corrected chi connectivity index (χ3v) is 4.57. The van der Waals surface area contributed by atoms with Crippen LogP contribution >= 0.6 is 0 Å². The third kappa shape index (κ3) is 3.48. The molecular weight excluding hydrogens is 349 g/mol. The van der Waals surface area contributed by atoms with Crippen molar-refractivity contribution >= 4 is 11.7 Å². The van der Waals surface area contributed by atoms with E-state index in [1.165, 1.54) is 12.1 Å². The van der Waals surface area contributed by atoms with Crippen LogP contribution in [0.25, 0.3) is 0 Å². The quantitative estimate of drug-likeness (QED) is 0.722. The number of amides is 1. The highest BCUT2D eigenvalue weighted by atomic mass is 19.1. The zero-order valence-corrected chi connectivity index (χ0v) is 14.7. The Labute approximate surface area is 155 Å². The standard InChI is InChI=1S/C20H18FN3O3/c1-26-17-6-5-13(15-9-19(25)23-20-16(15)10-22-24-20)8-18(17)27-11-12-3-2-4-14(21)7-12/h2-8,10,15H,9,11H2,1H3,(H2,22,23,24,25)/t15-/m1/s1. The molecule has 0 unspecified atom stereocenters. The van der Waals surface area contributed by atoms with Crippen LogP contribution in [-0.2, 0) is 11.4 Å². The van der Waals surface area contributed by atoms with E-state index in [0.717, 1.165) is 16.7 Å². The first-order valence-electron chi connectivity index (χ1n) is 8.52. The number of carbonyl (C=O) groups is 1. The zero-order chi connectivity index (χ0) is 18.8. The van der Waals surface area contributed by atoms with Crippen LogP contribution in [0.3, 0.4) is 0 Å². The molecular formula is C20H18FN3O3. The molecule has 1 atom stereocenters. The second kappa shape index (κ2) is 7.11. The van der Waals surface area contributed by atoms with Crippen LogP contribution in [0.4, 0.5) is 10.2 Å². The number of halogens is 1. The number of benzene rings is 2. The van der Waals surface area contributed by atoms with Gasteiger partial charge in [0.15, 0.2) is 11.5 Å². The molecule has 3 aromatic rings. The molecule has 1 aliphatic rings. The van der Waals surface area contributed by atoms with E-state index >= 15 is 0 Å². The summed E-state index contributed by atoms with van der Waals surface area (Å²) in [6, 6.07) is 11.8. The van der Waals surface area contributed by atoms with E-state index in [1.807, 2.05) is 18.2 Å². The van der Waals surface area contributed by atoms with Crippen molar-refractivity contribution in [1.29, 1.82) is 0 Å². The molecule has 7 heteroatoms. The van der Waals surface area contributed by atoms with Gasteiger partial charge in [-0.25, -0.2) is 4.39 Å². The van der Waals surface area contributed by atoms with Crippen molar-refractivity contribution in [3.05, 3.63) is 71.2 Å². The van der Waals surface area contributed by atoms with Gasteiger partial charge in [-0.15, -0.1) is 0 Å². The molecule has 1 amide bonds. The second-order valence-electron chi connectivity index (χ2n) is 6.33. The summed E-state index contributed by atoms with van der Waals surface area (Å²) in [7, 11) is 1.56. The topological polar surface area (TPSA) is 76.2 Å². The van der Waals surface area contributed by atoms with Crippen molar-refractivity contribution in [2.24, 2.45) is 0 Å². The van der Waals surface area contributed by atoms with Crippen LogP contribution < -0.4 is 14.8 Å². The number of nitrogens with one attached hydrogen (secondary N) is 2. The van der Waals surface area contributed by atoms with E-state index in [2.05, 4.69) is 15.5 Å². The number of hydrogen-bond acceptors (Lipinski definition) is 4. The first kappa shape index (κ1) is 17.1. The third-order valence-electron chi connectivity index (χ3n) is 4.57. The molecule has 2 N–H and O–H groups in total. The maximum atomic E-state index is 13.4. The molecule has 2 heterocycles. The van der Waals surface area contributed by atoms with Crippen LogP contribution in [-0.4, -0.2) is 23.2 Å². The van der Waals surface area contributed by atoms with Crippen molar-refractivity contribution in [3.8, 4) is 11.5 Å². The lowest BCUT2D eigenvalue weighted by Gasteiger charge is -2.23. The molecule has 0 aliphatic carbocycles. The highest BCUT2D eigenvalue weighted by Gasteiger charge is 2.28. The van der Waals surface area contributed by atoms with E-state index in [-0.39, 0.29) is 24.2 Å². The summed E-state index contributed by atoms with van der Waals surface area (Å²) in [5.74, 6) is 1.22. The van der Waals surface area contributed by atoms with Crippen LogP contribution in [0.15, 0.2) is 48.7 Å². The number of carbonyl (C=O) groups excluding carboxylic acids is 1. The van der Waals surface area contributed by atoms with Crippen molar-refractivity contribution in [2.45, 2.75) is 18.9 Å². The zero-order valence-electron chi connectivity index (χ0n) is 14.7. The van der Waals surface area contributed by atoms with Crippen LogP contribution in [0, 0.1) is 5.82 Å². The van der Waals surface area contributed by atoms with E-state index < -0.39 is 0 Å². The maximum absolute atomic E-state index is 13.4. The van der Waals surface area contributed by atoms with Gasteiger partial charge in [0.25, 0.3) is 0 Å². The molecule has 1 aliphatic heterocycles. The fraction of sp³-hybridized carbons (Fsp3) is 0.200. The summed E-state index contributed by atoms with van der Waals surface area (Å²) in [6.45, 7) is 0.208. The number of aromatic nitrogens is 2. The summed E-state index contributed by atoms with van der Waals surface area (Å²) in [4.78, 5) is 12.0. The Bertz CT molecular complexity index is 986. The van der Waals surface area contributed by atoms with Crippen molar-refractivity contribution in [1.82, 2.24) is 10.2 Å². The number of rotatable bonds is 5. The van der Waals surface area contributed by atoms with E-state index in [0.29, 0.717) is 23.7 Å². The Kier molecular flexibility index (Phi) is 4.50. The molecule has 4 rings (SSSR count). The first-order valence-corrected chi connectivity index (χ1v) is 8.52. The molecule has 0 bridgehead atoms. The van der Waals surface area contributed by atoms with E-state index in [4.69, 9.17) is 9.47 Å². The van der Waals surface area contributed by atoms with Crippen LogP contribution in [0.1, 0.15) is 29.0 Å². The average Bonchev–Trinajstić information content (AvgIpc) is 3.14. The molecule has 27 heavy (non-hydrogen) atoms. The molecule has 138 valence electrons. The minimum atomic E-state index is -0.308. The van der Waals surface area contributed by atoms with Gasteiger partial charge in [-0.3, -0.25) is 9.89 Å². The monoisotopic (exact) mass is 367 g/mol. The lowest BCUT2D eigenvalue weighted by molar-refractivity contribution is -0.116. The molecule has 1 aromatic heterocycles. The minimum Gasteiger partial charge on any atom is -0.493 e. The van der Waals surface area contributed by atoms with E-state index in [9.17, 15) is 9.18 Å². The Morgan fingerprint density at radius 3 is 2.93 bits per heavy atom. The van der Waals surface area contributed by atoms with Gasteiger partial charge < -0.3 is 14.8 Å². The normalized spacial score (nSPS) is 15.8. The predicted octanol–water partition coefficient (Wildman–Crippen LogP) is 3.61. The lowest BCUT2D eigenvalue weighted by Crippen LogP contribution is -2.23. The minimum absolute atomic E-state index is 0.0743. The largest absolute Gasteiger partial charge is 0.493 e. The fourth-order valence-corrected chi connectivity index (χ4v) is 3.25. The first-order chi connectivity index (χ1) is 13.1. The number of fused-ring (bicyclic) bond motifs is 1. The molecule has 2 aromatic carbocycles. The van der Waals surface area contributed by atoms with Crippen LogP contribution in [0.5, 0.6) is 11.5 Å². The average molecular weight is 367 g/mol. The smallest absolute Gasteiger partial charge is 0.226 e. The molecule has 0 fully saturated rings.